The average Bonchev–Trinajstić information content (AvgIpc) is 3.04. The molecule has 0 radical (unpaired) electrons. The molecular formula is C16H28N2O. The van der Waals surface area contributed by atoms with Gasteiger partial charge in [-0.1, -0.05) is 40.0 Å². The van der Waals surface area contributed by atoms with Gasteiger partial charge in [-0.15, -0.1) is 0 Å². The van der Waals surface area contributed by atoms with Gasteiger partial charge in [0.05, 0.1) is 11.7 Å². The van der Waals surface area contributed by atoms with Crippen LogP contribution in [0.15, 0.2) is 0 Å². The van der Waals surface area contributed by atoms with Crippen LogP contribution in [0.1, 0.15) is 65.7 Å². The molecule has 0 bridgehead atoms. The largest absolute Gasteiger partial charge is 0.322 e. The molecule has 1 amide bonds. The van der Waals surface area contributed by atoms with E-state index in [1.807, 2.05) is 0 Å². The molecule has 0 aromatic carbocycles. The fourth-order valence-electron chi connectivity index (χ4n) is 4.51. The van der Waals surface area contributed by atoms with Crippen LogP contribution in [0.4, 0.5) is 0 Å². The van der Waals surface area contributed by atoms with E-state index in [0.29, 0.717) is 23.8 Å². The second-order valence-corrected chi connectivity index (χ2v) is 7.31. The van der Waals surface area contributed by atoms with Crippen molar-refractivity contribution in [3.05, 3.63) is 0 Å². The molecule has 108 valence electrons. The number of carbonyl (C=O) groups excluding carboxylic acids is 1. The first-order valence-corrected chi connectivity index (χ1v) is 8.16. The molecular weight excluding hydrogens is 236 g/mol. The number of rotatable bonds is 2. The van der Waals surface area contributed by atoms with Gasteiger partial charge in [-0.2, -0.15) is 0 Å². The predicted octanol–water partition coefficient (Wildman–Crippen LogP) is 2.90. The van der Waals surface area contributed by atoms with Crippen molar-refractivity contribution in [2.75, 3.05) is 0 Å². The minimum atomic E-state index is -0.197. The summed E-state index contributed by atoms with van der Waals surface area (Å²) in [6.07, 6.45) is 8.54. The molecule has 19 heavy (non-hydrogen) atoms. The van der Waals surface area contributed by atoms with Crippen molar-refractivity contribution in [1.82, 2.24) is 10.2 Å². The van der Waals surface area contributed by atoms with Gasteiger partial charge in [-0.3, -0.25) is 10.1 Å². The Hall–Kier alpha value is -0.570. The summed E-state index contributed by atoms with van der Waals surface area (Å²) in [5.74, 6) is 1.59. The van der Waals surface area contributed by atoms with E-state index in [1.54, 1.807) is 0 Å². The molecule has 3 rings (SSSR count). The minimum absolute atomic E-state index is 0.197. The number of hydrogen-bond donors (Lipinski definition) is 1. The van der Waals surface area contributed by atoms with Gasteiger partial charge in [0.15, 0.2) is 0 Å². The molecule has 1 spiro atoms. The molecule has 1 N–H and O–H groups in total. The Balaban J connectivity index is 1.89. The lowest BCUT2D eigenvalue weighted by molar-refractivity contribution is -0.136. The molecule has 3 fully saturated rings. The highest BCUT2D eigenvalue weighted by Crippen LogP contribution is 2.42. The zero-order valence-electron chi connectivity index (χ0n) is 12.6. The fourth-order valence-corrected chi connectivity index (χ4v) is 4.51. The van der Waals surface area contributed by atoms with Crippen molar-refractivity contribution in [3.63, 3.8) is 0 Å². The summed E-state index contributed by atoms with van der Waals surface area (Å²) in [7, 11) is 0. The Kier molecular flexibility index (Phi) is 3.36. The Labute approximate surface area is 117 Å². The monoisotopic (exact) mass is 264 g/mol. The van der Waals surface area contributed by atoms with Crippen LogP contribution in [0.5, 0.6) is 0 Å². The highest BCUT2D eigenvalue weighted by Gasteiger charge is 2.55. The van der Waals surface area contributed by atoms with Gasteiger partial charge in [-0.25, -0.2) is 0 Å². The lowest BCUT2D eigenvalue weighted by atomic mass is 9.96. The van der Waals surface area contributed by atoms with Crippen LogP contribution in [0.3, 0.4) is 0 Å². The van der Waals surface area contributed by atoms with Gasteiger partial charge >= 0.3 is 0 Å². The molecule has 2 saturated carbocycles. The van der Waals surface area contributed by atoms with E-state index in [0.717, 1.165) is 12.8 Å². The van der Waals surface area contributed by atoms with Crippen molar-refractivity contribution in [2.24, 2.45) is 11.8 Å². The first-order valence-electron chi connectivity index (χ1n) is 8.16. The van der Waals surface area contributed by atoms with E-state index < -0.39 is 0 Å². The standard InChI is InChI=1S/C16H28N2O/c1-11(2)14-17-16(9-4-5-10-16)15(19)18(14)13-8-6-7-12(13)3/h11-14,17H,4-10H2,1-3H3. The zero-order chi connectivity index (χ0) is 13.6. The van der Waals surface area contributed by atoms with Crippen molar-refractivity contribution in [3.8, 4) is 0 Å². The third-order valence-corrected chi connectivity index (χ3v) is 5.63. The van der Waals surface area contributed by atoms with Crippen LogP contribution < -0.4 is 5.32 Å². The highest BCUT2D eigenvalue weighted by atomic mass is 16.2. The molecule has 0 aromatic heterocycles. The predicted molar refractivity (Wildman–Crippen MR) is 76.6 cm³/mol. The van der Waals surface area contributed by atoms with E-state index in [1.165, 1.54) is 32.1 Å². The average molecular weight is 264 g/mol. The number of amides is 1. The summed E-state index contributed by atoms with van der Waals surface area (Å²) in [5.41, 5.74) is -0.197. The fraction of sp³-hybridized carbons (Fsp3) is 0.938. The van der Waals surface area contributed by atoms with Gasteiger partial charge in [0.25, 0.3) is 0 Å². The normalized spacial score (nSPS) is 38.0. The van der Waals surface area contributed by atoms with E-state index in [-0.39, 0.29) is 11.7 Å². The van der Waals surface area contributed by atoms with E-state index in [9.17, 15) is 4.79 Å². The smallest absolute Gasteiger partial charge is 0.244 e. The summed E-state index contributed by atoms with van der Waals surface area (Å²) in [6, 6.07) is 0.479. The van der Waals surface area contributed by atoms with Crippen molar-refractivity contribution in [2.45, 2.75) is 83.5 Å². The second-order valence-electron chi connectivity index (χ2n) is 7.31. The molecule has 2 aliphatic carbocycles. The van der Waals surface area contributed by atoms with Crippen LogP contribution in [0, 0.1) is 11.8 Å². The summed E-state index contributed by atoms with van der Waals surface area (Å²) >= 11 is 0. The Morgan fingerprint density at radius 1 is 1.21 bits per heavy atom. The first-order chi connectivity index (χ1) is 9.05. The molecule has 1 saturated heterocycles. The van der Waals surface area contributed by atoms with Gasteiger partial charge in [0, 0.05) is 6.04 Å². The van der Waals surface area contributed by atoms with Gasteiger partial charge in [-0.05, 0) is 37.5 Å². The maximum Gasteiger partial charge on any atom is 0.244 e. The molecule has 3 atom stereocenters. The van der Waals surface area contributed by atoms with Crippen molar-refractivity contribution >= 4 is 5.91 Å². The minimum Gasteiger partial charge on any atom is -0.322 e. The van der Waals surface area contributed by atoms with E-state index in [2.05, 4.69) is 31.0 Å². The summed E-state index contributed by atoms with van der Waals surface area (Å²) in [5, 5.41) is 3.74. The van der Waals surface area contributed by atoms with Crippen LogP contribution >= 0.6 is 0 Å². The number of hydrogen-bond acceptors (Lipinski definition) is 2. The number of nitrogens with zero attached hydrogens (tertiary/aromatic N) is 1. The molecule has 1 heterocycles. The maximum atomic E-state index is 13.0. The molecule has 3 nitrogen and oxygen atoms in total. The third-order valence-electron chi connectivity index (χ3n) is 5.63. The van der Waals surface area contributed by atoms with Gasteiger partial charge in [0.2, 0.25) is 5.91 Å². The molecule has 3 unspecified atom stereocenters. The number of carbonyl (C=O) groups is 1. The molecule has 1 aliphatic heterocycles. The van der Waals surface area contributed by atoms with Gasteiger partial charge in [0.1, 0.15) is 0 Å². The van der Waals surface area contributed by atoms with E-state index in [4.69, 9.17) is 0 Å². The van der Waals surface area contributed by atoms with Crippen LogP contribution in [0.25, 0.3) is 0 Å². The second kappa shape index (κ2) is 4.76. The van der Waals surface area contributed by atoms with Crippen LogP contribution in [-0.4, -0.2) is 28.6 Å². The highest BCUT2D eigenvalue weighted by molar-refractivity contribution is 5.89. The molecule has 3 aliphatic rings. The van der Waals surface area contributed by atoms with Crippen LogP contribution in [-0.2, 0) is 4.79 Å². The summed E-state index contributed by atoms with van der Waals surface area (Å²) in [4.78, 5) is 15.3. The SMILES string of the molecule is CC(C)C1NC2(CCCC2)C(=O)N1C1CCCC1C. The van der Waals surface area contributed by atoms with Crippen molar-refractivity contribution < 1.29 is 4.79 Å². The Morgan fingerprint density at radius 3 is 2.42 bits per heavy atom. The molecule has 3 heteroatoms. The lowest BCUT2D eigenvalue weighted by Crippen LogP contribution is -2.48. The number of nitrogens with one attached hydrogen (secondary N) is 1. The topological polar surface area (TPSA) is 32.3 Å². The first kappa shape index (κ1) is 13.4. The van der Waals surface area contributed by atoms with Gasteiger partial charge < -0.3 is 4.90 Å². The van der Waals surface area contributed by atoms with Crippen LogP contribution in [0.2, 0.25) is 0 Å². The lowest BCUT2D eigenvalue weighted by Gasteiger charge is -2.35. The Bertz CT molecular complexity index is 360. The molecule has 0 aromatic rings. The maximum absolute atomic E-state index is 13.0. The summed E-state index contributed by atoms with van der Waals surface area (Å²) in [6.45, 7) is 6.80. The summed E-state index contributed by atoms with van der Waals surface area (Å²) < 4.78 is 0. The third kappa shape index (κ3) is 2.01. The quantitative estimate of drug-likeness (QED) is 0.831. The van der Waals surface area contributed by atoms with Crippen molar-refractivity contribution in [1.29, 1.82) is 0 Å². The Morgan fingerprint density at radius 2 is 1.89 bits per heavy atom. The van der Waals surface area contributed by atoms with E-state index >= 15 is 0 Å². The zero-order valence-corrected chi connectivity index (χ0v) is 12.6.